The molecule has 0 spiro atoms. The van der Waals surface area contributed by atoms with E-state index in [1.165, 1.54) is 13.8 Å². The van der Waals surface area contributed by atoms with Crippen LogP contribution < -0.4 is 5.48 Å². The molecule has 0 aliphatic carbocycles. The highest BCUT2D eigenvalue weighted by Crippen LogP contribution is 2.29. The molecule has 0 aromatic heterocycles. The van der Waals surface area contributed by atoms with Crippen molar-refractivity contribution in [3.63, 3.8) is 0 Å². The van der Waals surface area contributed by atoms with Gasteiger partial charge in [0.25, 0.3) is 0 Å². The third-order valence-corrected chi connectivity index (χ3v) is 2.32. The van der Waals surface area contributed by atoms with Crippen LogP contribution in [0.1, 0.15) is 20.8 Å². The van der Waals surface area contributed by atoms with Gasteiger partial charge >= 0.3 is 11.9 Å². The van der Waals surface area contributed by atoms with Gasteiger partial charge < -0.3 is 9.94 Å². The first-order valence-corrected chi connectivity index (χ1v) is 4.75. The fourth-order valence-corrected chi connectivity index (χ4v) is 1.23. The second-order valence-electron chi connectivity index (χ2n) is 3.25. The van der Waals surface area contributed by atoms with Gasteiger partial charge in [0.2, 0.25) is 0 Å². The maximum absolute atomic E-state index is 10.8. The molecule has 0 aromatic rings. The van der Waals surface area contributed by atoms with Crippen LogP contribution in [0, 0.1) is 4.91 Å². The maximum Gasteiger partial charge on any atom is 0.325 e. The van der Waals surface area contributed by atoms with Crippen molar-refractivity contribution in [3.8, 4) is 0 Å². The van der Waals surface area contributed by atoms with Gasteiger partial charge in [0.1, 0.15) is 0 Å². The number of carbonyl (C=O) groups is 2. The summed E-state index contributed by atoms with van der Waals surface area (Å²) in [6, 6.07) is -1.22. The summed E-state index contributed by atoms with van der Waals surface area (Å²) >= 11 is 0.556. The Morgan fingerprint density at radius 1 is 1.53 bits per heavy atom. The van der Waals surface area contributed by atoms with Crippen molar-refractivity contribution in [3.05, 3.63) is 4.91 Å². The quantitative estimate of drug-likeness (QED) is 0.397. The minimum absolute atomic E-state index is 0.556. The second-order valence-corrected chi connectivity index (χ2v) is 4.64. The van der Waals surface area contributed by atoms with E-state index >= 15 is 0 Å². The van der Waals surface area contributed by atoms with E-state index in [4.69, 9.17) is 5.11 Å². The fraction of sp³-hybridized carbons (Fsp3) is 0.714. The van der Waals surface area contributed by atoms with Gasteiger partial charge in [-0.1, -0.05) is 0 Å². The van der Waals surface area contributed by atoms with E-state index in [1.807, 2.05) is 0 Å². The van der Waals surface area contributed by atoms with Crippen LogP contribution in [0.2, 0.25) is 0 Å². The maximum atomic E-state index is 10.8. The summed E-state index contributed by atoms with van der Waals surface area (Å²) in [5.74, 6) is -1.90. The van der Waals surface area contributed by atoms with Crippen LogP contribution in [0.5, 0.6) is 0 Å². The van der Waals surface area contributed by atoms with Gasteiger partial charge in [-0.15, -0.1) is 10.4 Å². The Labute approximate surface area is 90.6 Å². The molecule has 0 rings (SSSR count). The summed E-state index contributed by atoms with van der Waals surface area (Å²) in [5, 5.41) is 8.84. The normalized spacial score (nSPS) is 13.0. The van der Waals surface area contributed by atoms with Gasteiger partial charge in [-0.3, -0.25) is 9.59 Å². The Bertz CT molecular complexity index is 268. The Kier molecular flexibility index (Phi) is 5.23. The number of hydroxylamine groups is 1. The molecule has 8 heteroatoms. The second kappa shape index (κ2) is 5.66. The monoisotopic (exact) mass is 236 g/mol. The van der Waals surface area contributed by atoms with Gasteiger partial charge in [0.05, 0.1) is 4.75 Å². The summed E-state index contributed by atoms with van der Waals surface area (Å²) in [5.41, 5.74) is 2.07. The minimum Gasteiger partial charge on any atom is -0.480 e. The smallest absolute Gasteiger partial charge is 0.325 e. The number of nitrogens with zero attached hydrogens (tertiary/aromatic N) is 1. The van der Waals surface area contributed by atoms with Crippen LogP contribution in [0.3, 0.4) is 0 Å². The average molecular weight is 236 g/mol. The van der Waals surface area contributed by atoms with Crippen LogP contribution in [-0.2, 0) is 14.4 Å². The largest absolute Gasteiger partial charge is 0.480 e. The molecule has 0 saturated carbocycles. The SMILES string of the molecule is CC(=O)ONC(C(=O)O)C(C)(C)SN=O. The van der Waals surface area contributed by atoms with Gasteiger partial charge in [-0.25, -0.2) is 0 Å². The van der Waals surface area contributed by atoms with E-state index in [-0.39, 0.29) is 0 Å². The van der Waals surface area contributed by atoms with E-state index in [1.54, 1.807) is 0 Å². The first-order valence-electron chi connectivity index (χ1n) is 3.98. The summed E-state index contributed by atoms with van der Waals surface area (Å²) in [6.45, 7) is 4.12. The lowest BCUT2D eigenvalue weighted by Gasteiger charge is -2.26. The topological polar surface area (TPSA) is 105 Å². The van der Waals surface area contributed by atoms with E-state index in [2.05, 4.69) is 14.9 Å². The van der Waals surface area contributed by atoms with Crippen molar-refractivity contribution < 1.29 is 19.5 Å². The average Bonchev–Trinajstić information content (AvgIpc) is 2.01. The van der Waals surface area contributed by atoms with Crippen molar-refractivity contribution in [1.29, 1.82) is 0 Å². The van der Waals surface area contributed by atoms with E-state index in [9.17, 15) is 14.5 Å². The molecule has 15 heavy (non-hydrogen) atoms. The van der Waals surface area contributed by atoms with Gasteiger partial charge in [0.15, 0.2) is 6.04 Å². The third kappa shape index (κ3) is 4.75. The lowest BCUT2D eigenvalue weighted by atomic mass is 10.0. The van der Waals surface area contributed by atoms with Crippen LogP contribution in [0.15, 0.2) is 4.58 Å². The minimum atomic E-state index is -1.24. The Morgan fingerprint density at radius 2 is 2.07 bits per heavy atom. The van der Waals surface area contributed by atoms with Gasteiger partial charge in [-0.2, -0.15) is 0 Å². The molecule has 0 aromatic carbocycles. The molecule has 0 heterocycles. The highest BCUT2D eigenvalue weighted by Gasteiger charge is 2.38. The summed E-state index contributed by atoms with van der Waals surface area (Å²) in [6.07, 6.45) is 0. The molecule has 1 atom stereocenters. The molecule has 0 aliphatic heterocycles. The standard InChI is InChI=1S/C7H12N2O5S/c1-4(10)14-8-5(6(11)12)7(2,3)15-9-13/h5,8H,1-3H3,(H,11,12). The highest BCUT2D eigenvalue weighted by atomic mass is 32.2. The van der Waals surface area contributed by atoms with Crippen molar-refractivity contribution in [1.82, 2.24) is 5.48 Å². The molecule has 0 bridgehead atoms. The molecular weight excluding hydrogens is 224 g/mol. The Hall–Kier alpha value is -1.15. The Balaban J connectivity index is 4.57. The van der Waals surface area contributed by atoms with Crippen molar-refractivity contribution in [2.75, 3.05) is 0 Å². The van der Waals surface area contributed by atoms with Crippen molar-refractivity contribution in [2.24, 2.45) is 4.58 Å². The van der Waals surface area contributed by atoms with E-state index in [0.717, 1.165) is 6.92 Å². The van der Waals surface area contributed by atoms with E-state index < -0.39 is 22.7 Å². The predicted octanol–water partition coefficient (Wildman–Crippen LogP) is 0.701. The van der Waals surface area contributed by atoms with Crippen molar-refractivity contribution >= 4 is 23.9 Å². The summed E-state index contributed by atoms with van der Waals surface area (Å²) in [7, 11) is 0. The molecule has 0 amide bonds. The van der Waals surface area contributed by atoms with Gasteiger partial charge in [0, 0.05) is 23.5 Å². The zero-order valence-corrected chi connectivity index (χ0v) is 9.33. The van der Waals surface area contributed by atoms with Crippen LogP contribution >= 0.6 is 11.9 Å². The molecule has 0 saturated heterocycles. The van der Waals surface area contributed by atoms with E-state index in [0.29, 0.717) is 11.9 Å². The molecule has 86 valence electrons. The summed E-state index contributed by atoms with van der Waals surface area (Å²) < 4.78 is 1.54. The molecule has 2 N–H and O–H groups in total. The number of hydrogen-bond donors (Lipinski definition) is 2. The molecule has 0 aliphatic rings. The number of carbonyl (C=O) groups excluding carboxylic acids is 1. The number of nitrogens with one attached hydrogen (secondary N) is 1. The number of rotatable bonds is 6. The first kappa shape index (κ1) is 13.8. The lowest BCUT2D eigenvalue weighted by molar-refractivity contribution is -0.156. The van der Waals surface area contributed by atoms with Gasteiger partial charge in [-0.05, 0) is 13.8 Å². The number of aliphatic carboxylic acids is 1. The third-order valence-electron chi connectivity index (χ3n) is 1.54. The Morgan fingerprint density at radius 3 is 2.40 bits per heavy atom. The number of hydrogen-bond acceptors (Lipinski definition) is 7. The summed E-state index contributed by atoms with van der Waals surface area (Å²) in [4.78, 5) is 35.8. The predicted molar refractivity (Wildman–Crippen MR) is 53.8 cm³/mol. The number of carboxylic acid groups (broad SMARTS) is 1. The molecule has 0 fully saturated rings. The van der Waals surface area contributed by atoms with Crippen LogP contribution in [0.4, 0.5) is 0 Å². The zero-order chi connectivity index (χ0) is 12.1. The zero-order valence-electron chi connectivity index (χ0n) is 8.51. The fourth-order valence-electron chi connectivity index (χ4n) is 0.780. The molecule has 1 unspecified atom stereocenters. The highest BCUT2D eigenvalue weighted by molar-refractivity contribution is 7.99. The lowest BCUT2D eigenvalue weighted by Crippen LogP contribution is -2.50. The molecule has 7 nitrogen and oxygen atoms in total. The molecule has 0 radical (unpaired) electrons. The van der Waals surface area contributed by atoms with Crippen LogP contribution in [-0.4, -0.2) is 27.8 Å². The number of carboxylic acids is 1. The van der Waals surface area contributed by atoms with Crippen LogP contribution in [0.25, 0.3) is 0 Å². The van der Waals surface area contributed by atoms with Crippen molar-refractivity contribution in [2.45, 2.75) is 31.6 Å². The molecular formula is C7H12N2O5S. The first-order chi connectivity index (χ1) is 6.81. The number of nitroso groups, excluding NO2 is 1.